The van der Waals surface area contributed by atoms with Crippen molar-refractivity contribution >= 4 is 17.5 Å². The van der Waals surface area contributed by atoms with Crippen LogP contribution in [0, 0.1) is 18.2 Å². The first-order valence-corrected chi connectivity index (χ1v) is 11.8. The molecular formula is C27H25F4N5O2. The van der Waals surface area contributed by atoms with Crippen molar-refractivity contribution in [1.82, 2.24) is 14.5 Å². The Bertz CT molecular complexity index is 1460. The van der Waals surface area contributed by atoms with Crippen LogP contribution >= 0.6 is 0 Å². The lowest BCUT2D eigenvalue weighted by Gasteiger charge is -2.29. The Morgan fingerprint density at radius 1 is 1.24 bits per heavy atom. The molecule has 0 unspecified atom stereocenters. The lowest BCUT2D eigenvalue weighted by molar-refractivity contribution is -0.137. The molecular weight excluding hydrogens is 502 g/mol. The number of halogens is 4. The average molecular weight is 528 g/mol. The second kappa shape index (κ2) is 10.6. The van der Waals surface area contributed by atoms with E-state index < -0.39 is 35.1 Å². The third kappa shape index (κ3) is 5.49. The van der Waals surface area contributed by atoms with Gasteiger partial charge in [0.25, 0.3) is 11.5 Å². The van der Waals surface area contributed by atoms with E-state index in [0.29, 0.717) is 16.8 Å². The van der Waals surface area contributed by atoms with E-state index in [1.807, 2.05) is 0 Å². The van der Waals surface area contributed by atoms with Gasteiger partial charge in [-0.05, 0) is 42.8 Å². The molecule has 3 N–H and O–H groups in total. The van der Waals surface area contributed by atoms with Crippen molar-refractivity contribution in [3.63, 3.8) is 0 Å². The summed E-state index contributed by atoms with van der Waals surface area (Å²) in [6.07, 6.45) is 1.45. The normalized spacial score (nSPS) is 13.9. The van der Waals surface area contributed by atoms with E-state index in [1.54, 1.807) is 6.92 Å². The molecule has 1 aromatic heterocycles. The number of amides is 1. The molecule has 0 radical (unpaired) electrons. The van der Waals surface area contributed by atoms with Gasteiger partial charge in [0.05, 0.1) is 35.0 Å². The summed E-state index contributed by atoms with van der Waals surface area (Å²) in [5.41, 5.74) is 5.80. The predicted molar refractivity (Wildman–Crippen MR) is 135 cm³/mol. The van der Waals surface area contributed by atoms with Gasteiger partial charge in [-0.3, -0.25) is 14.2 Å². The number of terminal acetylenes is 1. The number of benzene rings is 2. The van der Waals surface area contributed by atoms with Crippen LogP contribution in [0.4, 0.5) is 29.2 Å². The summed E-state index contributed by atoms with van der Waals surface area (Å²) in [4.78, 5) is 32.5. The first-order valence-electron chi connectivity index (χ1n) is 11.8. The summed E-state index contributed by atoms with van der Waals surface area (Å²) in [5, 5.41) is 3.12. The highest BCUT2D eigenvalue weighted by molar-refractivity contribution is 5.95. The summed E-state index contributed by atoms with van der Waals surface area (Å²) in [7, 11) is 0. The van der Waals surface area contributed by atoms with Gasteiger partial charge >= 0.3 is 6.18 Å². The van der Waals surface area contributed by atoms with Crippen LogP contribution in [0.15, 0.2) is 47.3 Å². The van der Waals surface area contributed by atoms with E-state index in [0.717, 1.165) is 18.2 Å². The highest BCUT2D eigenvalue weighted by atomic mass is 19.4. The van der Waals surface area contributed by atoms with Gasteiger partial charge in [0.15, 0.2) is 0 Å². The number of rotatable bonds is 6. The number of nitrogens with two attached hydrogens (primary N) is 1. The van der Waals surface area contributed by atoms with Gasteiger partial charge in [-0.1, -0.05) is 12.1 Å². The van der Waals surface area contributed by atoms with Crippen LogP contribution in [0.2, 0.25) is 0 Å². The SMILES string of the molecule is C#CCCn1c(N[C@@H](C)c2ccc(C(F)(F)F)cc2)nc2c(c1=O)CN(C(=O)c1ccc(N)cc1F)CC2. The largest absolute Gasteiger partial charge is 0.416 e. The first-order chi connectivity index (χ1) is 18.0. The Hall–Kier alpha value is -4.33. The molecule has 1 atom stereocenters. The lowest BCUT2D eigenvalue weighted by atomic mass is 10.0. The molecule has 0 saturated heterocycles. The Labute approximate surface area is 216 Å². The molecule has 1 amide bonds. The third-order valence-corrected chi connectivity index (χ3v) is 6.39. The maximum Gasteiger partial charge on any atom is 0.416 e. The molecule has 198 valence electrons. The van der Waals surface area contributed by atoms with Crippen LogP contribution in [-0.2, 0) is 25.7 Å². The van der Waals surface area contributed by atoms with Crippen LogP contribution in [-0.4, -0.2) is 26.9 Å². The maximum atomic E-state index is 14.3. The van der Waals surface area contributed by atoms with E-state index in [9.17, 15) is 27.2 Å². The predicted octanol–water partition coefficient (Wildman–Crippen LogP) is 4.38. The number of carbonyl (C=O) groups excluding carboxylic acids is 1. The number of alkyl halides is 3. The van der Waals surface area contributed by atoms with Crippen molar-refractivity contribution in [2.24, 2.45) is 0 Å². The molecule has 0 fully saturated rings. The molecule has 0 saturated carbocycles. The van der Waals surface area contributed by atoms with Crippen molar-refractivity contribution < 1.29 is 22.4 Å². The molecule has 2 aromatic carbocycles. The summed E-state index contributed by atoms with van der Waals surface area (Å²) in [6.45, 7) is 2.03. The Morgan fingerprint density at radius 3 is 2.58 bits per heavy atom. The average Bonchev–Trinajstić information content (AvgIpc) is 2.87. The van der Waals surface area contributed by atoms with Gasteiger partial charge in [-0.2, -0.15) is 13.2 Å². The van der Waals surface area contributed by atoms with Gasteiger partial charge in [-0.25, -0.2) is 9.37 Å². The highest BCUT2D eigenvalue weighted by Crippen LogP contribution is 2.30. The Kier molecular flexibility index (Phi) is 7.44. The smallest absolute Gasteiger partial charge is 0.399 e. The minimum Gasteiger partial charge on any atom is -0.399 e. The van der Waals surface area contributed by atoms with Crippen LogP contribution in [0.1, 0.15) is 52.1 Å². The second-order valence-corrected chi connectivity index (χ2v) is 8.97. The molecule has 1 aliphatic heterocycles. The molecule has 11 heteroatoms. The fourth-order valence-electron chi connectivity index (χ4n) is 4.29. The number of hydrogen-bond acceptors (Lipinski definition) is 5. The topological polar surface area (TPSA) is 93.2 Å². The fraction of sp³-hybridized carbons (Fsp3) is 0.296. The first kappa shape index (κ1) is 26.7. The summed E-state index contributed by atoms with van der Waals surface area (Å²) in [6, 6.07) is 8.04. The quantitative estimate of drug-likeness (QED) is 0.282. The molecule has 0 bridgehead atoms. The molecule has 1 aliphatic rings. The standard InChI is InChI=1S/C27H25F4N5O2/c1-3-4-12-36-25(38)21-15-35(24(37)20-10-9-19(32)14-22(20)28)13-11-23(21)34-26(36)33-16(2)17-5-7-18(8-6-17)27(29,30)31/h1,5-10,14,16H,4,11-13,15,32H2,2H3,(H,33,34)/t16-/m0/s1. The fourth-order valence-corrected chi connectivity index (χ4v) is 4.29. The summed E-state index contributed by atoms with van der Waals surface area (Å²) >= 11 is 0. The van der Waals surface area contributed by atoms with Crippen molar-refractivity contribution in [2.75, 3.05) is 17.6 Å². The van der Waals surface area contributed by atoms with Crippen molar-refractivity contribution in [3.8, 4) is 12.3 Å². The van der Waals surface area contributed by atoms with Crippen molar-refractivity contribution in [3.05, 3.63) is 86.6 Å². The van der Waals surface area contributed by atoms with E-state index >= 15 is 0 Å². The summed E-state index contributed by atoms with van der Waals surface area (Å²) in [5.74, 6) is 1.38. The number of hydrogen-bond donors (Lipinski definition) is 2. The van der Waals surface area contributed by atoms with Crippen LogP contribution in [0.25, 0.3) is 0 Å². The minimum absolute atomic E-state index is 0.0609. The number of aromatic nitrogens is 2. The molecule has 3 aromatic rings. The van der Waals surface area contributed by atoms with Crippen LogP contribution in [0.5, 0.6) is 0 Å². The summed E-state index contributed by atoms with van der Waals surface area (Å²) < 4.78 is 54.5. The van der Waals surface area contributed by atoms with Gasteiger partial charge < -0.3 is 16.0 Å². The van der Waals surface area contributed by atoms with Gasteiger partial charge in [0.2, 0.25) is 5.95 Å². The van der Waals surface area contributed by atoms with E-state index in [4.69, 9.17) is 12.2 Å². The van der Waals surface area contributed by atoms with Gasteiger partial charge in [-0.15, -0.1) is 12.3 Å². The van der Waals surface area contributed by atoms with Crippen molar-refractivity contribution in [1.29, 1.82) is 0 Å². The minimum atomic E-state index is -4.44. The zero-order valence-corrected chi connectivity index (χ0v) is 20.5. The van der Waals surface area contributed by atoms with E-state index in [2.05, 4.69) is 16.2 Å². The molecule has 0 aliphatic carbocycles. The molecule has 7 nitrogen and oxygen atoms in total. The lowest BCUT2D eigenvalue weighted by Crippen LogP contribution is -2.42. The highest BCUT2D eigenvalue weighted by Gasteiger charge is 2.31. The van der Waals surface area contributed by atoms with Gasteiger partial charge in [0, 0.05) is 31.6 Å². The van der Waals surface area contributed by atoms with Crippen LogP contribution in [0.3, 0.4) is 0 Å². The molecule has 4 rings (SSSR count). The number of nitrogen functional groups attached to an aromatic ring is 1. The monoisotopic (exact) mass is 527 g/mol. The van der Waals surface area contributed by atoms with Crippen molar-refractivity contribution in [2.45, 2.75) is 45.1 Å². The zero-order valence-electron chi connectivity index (χ0n) is 20.5. The number of carbonyl (C=O) groups is 1. The van der Waals surface area contributed by atoms with E-state index in [1.165, 1.54) is 33.7 Å². The molecule has 38 heavy (non-hydrogen) atoms. The second-order valence-electron chi connectivity index (χ2n) is 8.97. The number of nitrogens with zero attached hydrogens (tertiary/aromatic N) is 3. The number of fused-ring (bicyclic) bond motifs is 1. The number of nitrogens with one attached hydrogen (secondary N) is 1. The Morgan fingerprint density at radius 2 is 1.95 bits per heavy atom. The van der Waals surface area contributed by atoms with E-state index in [-0.39, 0.29) is 49.7 Å². The maximum absolute atomic E-state index is 14.3. The molecule has 2 heterocycles. The third-order valence-electron chi connectivity index (χ3n) is 6.39. The van der Waals surface area contributed by atoms with Gasteiger partial charge in [0.1, 0.15) is 5.82 Å². The van der Waals surface area contributed by atoms with Crippen LogP contribution < -0.4 is 16.6 Å². The number of anilines is 2. The molecule has 0 spiro atoms. The Balaban J connectivity index is 1.62. The zero-order chi connectivity index (χ0) is 27.6.